The number of nitrogens with zero attached hydrogens (tertiary/aromatic N) is 2. The molecule has 0 aliphatic carbocycles. The van der Waals surface area contributed by atoms with E-state index in [1.165, 1.54) is 6.20 Å². The molecule has 0 fully saturated rings. The SMILES string of the molecule is Cc1cccc(C)c1C[C@H](NC(=O)[C@@H](Cc1ccccc1)NS(=O)(=O)Cc1ccccc1)C(=O)N[C@@H](CCCN=C(N)N)C(=O)c1nccs1. The third kappa shape index (κ3) is 11.6. The van der Waals surface area contributed by atoms with E-state index in [1.807, 2.05) is 38.1 Å². The van der Waals surface area contributed by atoms with Crippen LogP contribution in [0.1, 0.15) is 50.5 Å². The summed E-state index contributed by atoms with van der Waals surface area (Å²) in [5.41, 5.74) is 14.9. The van der Waals surface area contributed by atoms with Gasteiger partial charge in [0.1, 0.15) is 12.1 Å². The minimum absolute atomic E-state index is 0.0361. The van der Waals surface area contributed by atoms with Crippen molar-refractivity contribution >= 4 is 44.9 Å². The van der Waals surface area contributed by atoms with Crippen molar-refractivity contribution in [3.05, 3.63) is 123 Å². The Hall–Kier alpha value is -4.92. The van der Waals surface area contributed by atoms with Crippen LogP contribution in [0.5, 0.6) is 0 Å². The zero-order valence-electron chi connectivity index (χ0n) is 28.0. The summed E-state index contributed by atoms with van der Waals surface area (Å²) in [6, 6.07) is 20.0. The molecule has 1 heterocycles. The van der Waals surface area contributed by atoms with E-state index in [-0.39, 0.29) is 48.3 Å². The number of carbonyl (C=O) groups excluding carboxylic acids is 3. The topological polar surface area (TPSA) is 199 Å². The number of thiazole rings is 1. The Balaban J connectivity index is 1.63. The predicted octanol–water partition coefficient (Wildman–Crippen LogP) is 2.94. The summed E-state index contributed by atoms with van der Waals surface area (Å²) >= 11 is 1.15. The molecule has 50 heavy (non-hydrogen) atoms. The van der Waals surface area contributed by atoms with Crippen LogP contribution in [0.25, 0.3) is 0 Å². The van der Waals surface area contributed by atoms with Crippen molar-refractivity contribution < 1.29 is 22.8 Å². The molecule has 3 aromatic carbocycles. The number of sulfonamides is 1. The fourth-order valence-electron chi connectivity index (χ4n) is 5.49. The highest BCUT2D eigenvalue weighted by Crippen LogP contribution is 2.18. The number of aliphatic imine (C=N–C) groups is 1. The Morgan fingerprint density at radius 3 is 2.00 bits per heavy atom. The third-order valence-electron chi connectivity index (χ3n) is 8.03. The number of benzene rings is 3. The Morgan fingerprint density at radius 1 is 0.800 bits per heavy atom. The van der Waals surface area contributed by atoms with Gasteiger partial charge in [-0.1, -0.05) is 78.9 Å². The molecule has 0 bridgehead atoms. The Morgan fingerprint density at radius 2 is 1.40 bits per heavy atom. The maximum absolute atomic E-state index is 14.1. The van der Waals surface area contributed by atoms with Crippen LogP contribution in [-0.4, -0.2) is 61.6 Å². The van der Waals surface area contributed by atoms with Crippen molar-refractivity contribution in [2.45, 2.75) is 63.4 Å². The standard InChI is InChI=1S/C36H43N7O5S2/c1-24-11-9-12-25(2)28(24)22-30(33(45)41-29(17-10-18-40-36(37)38)32(44)35-39-19-20-49-35)42-34(46)31(21-26-13-5-3-6-14-26)43-50(47,48)23-27-15-7-4-8-16-27/h3-9,11-16,19-20,29-31,43H,10,17-18,21-23H2,1-2H3,(H,41,45)(H,42,46)(H4,37,38,40)/t29-,30-,31+/m0/s1. The van der Waals surface area contributed by atoms with Gasteiger partial charge in [0.2, 0.25) is 27.6 Å². The molecule has 0 spiro atoms. The van der Waals surface area contributed by atoms with Crippen molar-refractivity contribution in [2.75, 3.05) is 6.54 Å². The molecule has 0 aliphatic heterocycles. The lowest BCUT2D eigenvalue weighted by Gasteiger charge is -2.26. The second-order valence-electron chi connectivity index (χ2n) is 12.0. The molecule has 1 aromatic heterocycles. The van der Waals surface area contributed by atoms with E-state index in [4.69, 9.17) is 11.5 Å². The second-order valence-corrected chi connectivity index (χ2v) is 14.6. The molecule has 4 rings (SSSR count). The molecule has 3 atom stereocenters. The van der Waals surface area contributed by atoms with Crippen molar-refractivity contribution in [3.8, 4) is 0 Å². The van der Waals surface area contributed by atoms with Gasteiger partial charge in [-0.3, -0.25) is 19.4 Å². The maximum atomic E-state index is 14.1. The molecule has 2 amide bonds. The highest BCUT2D eigenvalue weighted by Gasteiger charge is 2.32. The van der Waals surface area contributed by atoms with Crippen LogP contribution < -0.4 is 26.8 Å². The monoisotopic (exact) mass is 717 g/mol. The molecule has 0 radical (unpaired) electrons. The van der Waals surface area contributed by atoms with E-state index in [1.54, 1.807) is 60.0 Å². The van der Waals surface area contributed by atoms with E-state index >= 15 is 0 Å². The van der Waals surface area contributed by atoms with Crippen molar-refractivity contribution in [3.63, 3.8) is 0 Å². The smallest absolute Gasteiger partial charge is 0.243 e. The lowest BCUT2D eigenvalue weighted by Crippen LogP contribution is -2.57. The average molecular weight is 718 g/mol. The van der Waals surface area contributed by atoms with Gasteiger partial charge in [0.15, 0.2) is 11.0 Å². The van der Waals surface area contributed by atoms with Crippen LogP contribution in [0.3, 0.4) is 0 Å². The molecule has 0 saturated heterocycles. The van der Waals surface area contributed by atoms with Crippen LogP contribution in [0.2, 0.25) is 0 Å². The maximum Gasteiger partial charge on any atom is 0.243 e. The summed E-state index contributed by atoms with van der Waals surface area (Å²) in [6.45, 7) is 4.06. The minimum Gasteiger partial charge on any atom is -0.370 e. The summed E-state index contributed by atoms with van der Waals surface area (Å²) in [5.74, 6) is -2.10. The van der Waals surface area contributed by atoms with Gasteiger partial charge in [-0.25, -0.2) is 18.1 Å². The highest BCUT2D eigenvalue weighted by atomic mass is 32.2. The summed E-state index contributed by atoms with van der Waals surface area (Å²) in [4.78, 5) is 49.8. The van der Waals surface area contributed by atoms with Gasteiger partial charge >= 0.3 is 0 Å². The number of carbonyl (C=O) groups is 3. The van der Waals surface area contributed by atoms with Gasteiger partial charge in [0.05, 0.1) is 11.8 Å². The summed E-state index contributed by atoms with van der Waals surface area (Å²) in [7, 11) is -3.99. The second kappa shape index (κ2) is 18.2. The van der Waals surface area contributed by atoms with Crippen LogP contribution in [0, 0.1) is 13.8 Å². The zero-order valence-corrected chi connectivity index (χ0v) is 29.7. The van der Waals surface area contributed by atoms with Crippen LogP contribution in [0.15, 0.2) is 95.4 Å². The first-order chi connectivity index (χ1) is 23.9. The predicted molar refractivity (Wildman–Crippen MR) is 196 cm³/mol. The fraction of sp³-hybridized carbons (Fsp3) is 0.306. The number of aryl methyl sites for hydroxylation is 2. The number of guanidine groups is 1. The van der Waals surface area contributed by atoms with Crippen LogP contribution in [0.4, 0.5) is 0 Å². The minimum atomic E-state index is -3.99. The van der Waals surface area contributed by atoms with Crippen molar-refractivity contribution in [2.24, 2.45) is 16.5 Å². The first-order valence-electron chi connectivity index (χ1n) is 16.1. The van der Waals surface area contributed by atoms with Gasteiger partial charge in [0, 0.05) is 24.5 Å². The van der Waals surface area contributed by atoms with E-state index in [0.29, 0.717) is 12.0 Å². The van der Waals surface area contributed by atoms with Gasteiger partial charge in [-0.2, -0.15) is 0 Å². The first kappa shape index (κ1) is 37.9. The quantitative estimate of drug-likeness (QED) is 0.0448. The van der Waals surface area contributed by atoms with Crippen molar-refractivity contribution in [1.29, 1.82) is 0 Å². The molecule has 12 nitrogen and oxygen atoms in total. The lowest BCUT2D eigenvalue weighted by molar-refractivity contribution is -0.130. The number of amides is 2. The van der Waals surface area contributed by atoms with Gasteiger partial charge < -0.3 is 22.1 Å². The number of hydrogen-bond acceptors (Lipinski definition) is 8. The molecule has 4 aromatic rings. The van der Waals surface area contributed by atoms with Gasteiger partial charge in [0.25, 0.3) is 0 Å². The highest BCUT2D eigenvalue weighted by molar-refractivity contribution is 7.88. The molecule has 0 unspecified atom stereocenters. The molecule has 7 N–H and O–H groups in total. The van der Waals surface area contributed by atoms with Crippen LogP contribution in [-0.2, 0) is 38.2 Å². The summed E-state index contributed by atoms with van der Waals surface area (Å²) < 4.78 is 29.3. The number of rotatable bonds is 18. The number of aromatic nitrogens is 1. The normalized spacial score (nSPS) is 13.1. The molecule has 14 heteroatoms. The fourth-order valence-corrected chi connectivity index (χ4v) is 7.45. The summed E-state index contributed by atoms with van der Waals surface area (Å²) in [5, 5.41) is 7.56. The average Bonchev–Trinajstić information content (AvgIpc) is 3.62. The third-order valence-corrected chi connectivity index (χ3v) is 10.2. The van der Waals surface area contributed by atoms with E-state index < -0.39 is 40.0 Å². The summed E-state index contributed by atoms with van der Waals surface area (Å²) in [6.07, 6.45) is 2.23. The molecule has 264 valence electrons. The molecular formula is C36H43N7O5S2. The number of Topliss-reactive ketones (excluding diaryl/α,β-unsaturated/α-hetero) is 1. The largest absolute Gasteiger partial charge is 0.370 e. The zero-order chi connectivity index (χ0) is 36.1. The lowest BCUT2D eigenvalue weighted by atomic mass is 9.95. The van der Waals surface area contributed by atoms with Crippen molar-refractivity contribution in [1.82, 2.24) is 20.3 Å². The van der Waals surface area contributed by atoms with Gasteiger partial charge in [-0.05, 0) is 60.9 Å². The Labute approximate surface area is 296 Å². The Kier molecular flexibility index (Phi) is 13.8. The number of hydrogen-bond donors (Lipinski definition) is 5. The molecule has 0 aliphatic rings. The number of nitrogens with two attached hydrogens (primary N) is 2. The molecule has 0 saturated carbocycles. The number of ketones is 1. The van der Waals surface area contributed by atoms with Gasteiger partial charge in [-0.15, -0.1) is 11.3 Å². The van der Waals surface area contributed by atoms with Crippen LogP contribution >= 0.6 is 11.3 Å². The van der Waals surface area contributed by atoms with E-state index in [9.17, 15) is 22.8 Å². The number of nitrogens with one attached hydrogen (secondary N) is 3. The molecular weight excluding hydrogens is 675 g/mol. The van der Waals surface area contributed by atoms with E-state index in [2.05, 4.69) is 25.3 Å². The van der Waals surface area contributed by atoms with E-state index in [0.717, 1.165) is 33.6 Å². The Bertz CT molecular complexity index is 1840. The first-order valence-corrected chi connectivity index (χ1v) is 18.7.